The van der Waals surface area contributed by atoms with Gasteiger partial charge in [0.2, 0.25) is 0 Å². The van der Waals surface area contributed by atoms with Gasteiger partial charge in [0.25, 0.3) is 5.91 Å². The molecule has 1 fully saturated rings. The fourth-order valence-corrected chi connectivity index (χ4v) is 3.40. The third-order valence-corrected chi connectivity index (χ3v) is 5.18. The first-order chi connectivity index (χ1) is 13.7. The summed E-state index contributed by atoms with van der Waals surface area (Å²) in [5.74, 6) is -0.0986. The molecule has 1 saturated carbocycles. The van der Waals surface area contributed by atoms with Crippen LogP contribution in [-0.4, -0.2) is 30.6 Å². The van der Waals surface area contributed by atoms with Gasteiger partial charge in [0.1, 0.15) is 11.3 Å². The number of rotatable bonds is 8. The first kappa shape index (κ1) is 22.7. The van der Waals surface area contributed by atoms with E-state index in [9.17, 15) is 14.9 Å². The van der Waals surface area contributed by atoms with Crippen molar-refractivity contribution in [3.63, 3.8) is 0 Å². The van der Waals surface area contributed by atoms with Gasteiger partial charge in [-0.05, 0) is 42.4 Å². The molecule has 2 rings (SSSR count). The number of amides is 1. The minimum Gasteiger partial charge on any atom is -0.494 e. The maximum atomic E-state index is 12.0. The molecule has 29 heavy (non-hydrogen) atoms. The number of ether oxygens (including phenoxy) is 2. The first-order valence-corrected chi connectivity index (χ1v) is 10.4. The van der Waals surface area contributed by atoms with Gasteiger partial charge in [-0.25, -0.2) is 0 Å². The number of esters is 1. The summed E-state index contributed by atoms with van der Waals surface area (Å²) in [5, 5.41) is 12.1. The fourth-order valence-electron chi connectivity index (χ4n) is 3.40. The number of nitrogens with one attached hydrogen (secondary N) is 1. The van der Waals surface area contributed by atoms with Crippen LogP contribution in [0.25, 0.3) is 0 Å². The zero-order valence-corrected chi connectivity index (χ0v) is 17.8. The number of hydrogen-bond donors (Lipinski definition) is 1. The minimum absolute atomic E-state index is 0.0957. The van der Waals surface area contributed by atoms with Crippen molar-refractivity contribution >= 4 is 11.9 Å². The van der Waals surface area contributed by atoms with E-state index >= 15 is 0 Å². The molecule has 0 aromatic heterocycles. The molecule has 1 amide bonds. The van der Waals surface area contributed by atoms with Crippen LogP contribution in [0, 0.1) is 11.3 Å². The molecule has 1 aliphatic carbocycles. The van der Waals surface area contributed by atoms with Gasteiger partial charge in [-0.3, -0.25) is 9.59 Å². The van der Waals surface area contributed by atoms with Crippen LogP contribution in [0.15, 0.2) is 24.3 Å². The zero-order valence-electron chi connectivity index (χ0n) is 17.8. The summed E-state index contributed by atoms with van der Waals surface area (Å²) in [6.45, 7) is 6.52. The van der Waals surface area contributed by atoms with Gasteiger partial charge in [0, 0.05) is 6.42 Å². The summed E-state index contributed by atoms with van der Waals surface area (Å²) in [5.41, 5.74) is 0.523. The van der Waals surface area contributed by atoms with E-state index in [-0.39, 0.29) is 18.4 Å². The Bertz CT molecular complexity index is 723. The third kappa shape index (κ3) is 7.41. The Labute approximate surface area is 173 Å². The normalized spacial score (nSPS) is 15.8. The van der Waals surface area contributed by atoms with Crippen LogP contribution >= 0.6 is 0 Å². The zero-order chi connectivity index (χ0) is 21.3. The highest BCUT2D eigenvalue weighted by atomic mass is 16.5. The molecule has 0 atom stereocenters. The second-order valence-corrected chi connectivity index (χ2v) is 8.69. The van der Waals surface area contributed by atoms with Crippen molar-refractivity contribution in [3.8, 4) is 11.8 Å². The van der Waals surface area contributed by atoms with E-state index in [0.717, 1.165) is 25.0 Å². The van der Waals surface area contributed by atoms with Crippen LogP contribution in [0.4, 0.5) is 0 Å². The molecular weight excluding hydrogens is 368 g/mol. The Balaban J connectivity index is 1.63. The van der Waals surface area contributed by atoms with Gasteiger partial charge in [-0.2, -0.15) is 5.26 Å². The summed E-state index contributed by atoms with van der Waals surface area (Å²) in [4.78, 5) is 23.9. The number of nitriles is 1. The summed E-state index contributed by atoms with van der Waals surface area (Å²) >= 11 is 0. The Kier molecular flexibility index (Phi) is 8.07. The molecule has 0 saturated heterocycles. The van der Waals surface area contributed by atoms with Gasteiger partial charge in [-0.1, -0.05) is 52.2 Å². The first-order valence-electron chi connectivity index (χ1n) is 10.4. The quantitative estimate of drug-likeness (QED) is 0.526. The van der Waals surface area contributed by atoms with Crippen molar-refractivity contribution in [3.05, 3.63) is 29.8 Å². The largest absolute Gasteiger partial charge is 0.494 e. The lowest BCUT2D eigenvalue weighted by Crippen LogP contribution is -2.50. The second kappa shape index (κ2) is 10.3. The predicted molar refractivity (Wildman–Crippen MR) is 110 cm³/mol. The van der Waals surface area contributed by atoms with E-state index in [1.807, 2.05) is 24.3 Å². The number of carbonyl (C=O) groups excluding carboxylic acids is 2. The number of benzene rings is 1. The van der Waals surface area contributed by atoms with E-state index in [1.54, 1.807) is 0 Å². The summed E-state index contributed by atoms with van der Waals surface area (Å²) in [7, 11) is 0. The molecule has 158 valence electrons. The fraction of sp³-hybridized carbons (Fsp3) is 0.609. The van der Waals surface area contributed by atoms with Crippen LogP contribution in [0.2, 0.25) is 0 Å². The molecule has 0 bridgehead atoms. The van der Waals surface area contributed by atoms with Crippen molar-refractivity contribution in [1.82, 2.24) is 5.32 Å². The van der Waals surface area contributed by atoms with Crippen LogP contribution in [0.3, 0.4) is 0 Å². The maximum absolute atomic E-state index is 12.0. The molecule has 0 heterocycles. The van der Waals surface area contributed by atoms with Crippen molar-refractivity contribution in [1.29, 1.82) is 5.26 Å². The molecular formula is C23H32N2O4. The number of hydrogen-bond acceptors (Lipinski definition) is 5. The lowest BCUT2D eigenvalue weighted by molar-refractivity contribution is -0.149. The van der Waals surface area contributed by atoms with Crippen LogP contribution in [0.1, 0.15) is 71.3 Å². The summed E-state index contributed by atoms with van der Waals surface area (Å²) < 4.78 is 10.7. The highest BCUT2D eigenvalue weighted by Crippen LogP contribution is 2.27. The summed E-state index contributed by atoms with van der Waals surface area (Å²) in [6.07, 6.45) is 4.91. The average Bonchev–Trinajstić information content (AvgIpc) is 2.70. The van der Waals surface area contributed by atoms with Gasteiger partial charge in [-0.15, -0.1) is 0 Å². The molecule has 1 aromatic rings. The van der Waals surface area contributed by atoms with Crippen molar-refractivity contribution < 1.29 is 19.1 Å². The third-order valence-electron chi connectivity index (χ3n) is 5.18. The lowest BCUT2D eigenvalue weighted by atomic mass is 9.83. The smallest absolute Gasteiger partial charge is 0.306 e. The van der Waals surface area contributed by atoms with Crippen LogP contribution in [-0.2, 0) is 19.7 Å². The molecule has 0 unspecified atom stereocenters. The van der Waals surface area contributed by atoms with Gasteiger partial charge in [0.05, 0.1) is 12.7 Å². The van der Waals surface area contributed by atoms with E-state index in [1.165, 1.54) is 5.56 Å². The molecule has 6 nitrogen and oxygen atoms in total. The van der Waals surface area contributed by atoms with E-state index in [0.29, 0.717) is 25.9 Å². The maximum Gasteiger partial charge on any atom is 0.306 e. The van der Waals surface area contributed by atoms with Crippen molar-refractivity contribution in [2.75, 3.05) is 13.2 Å². The highest BCUT2D eigenvalue weighted by Gasteiger charge is 2.33. The van der Waals surface area contributed by atoms with Crippen molar-refractivity contribution in [2.45, 2.75) is 76.7 Å². The SMILES string of the molecule is CC(C)(C)c1ccc(OCCCC(=O)OCC(=O)NC2(C#N)CCCCC2)cc1. The second-order valence-electron chi connectivity index (χ2n) is 8.69. The van der Waals surface area contributed by atoms with E-state index in [4.69, 9.17) is 9.47 Å². The van der Waals surface area contributed by atoms with Crippen LogP contribution < -0.4 is 10.1 Å². The highest BCUT2D eigenvalue weighted by molar-refractivity contribution is 5.81. The average molecular weight is 401 g/mol. The molecule has 0 aliphatic heterocycles. The molecule has 1 aromatic carbocycles. The Hall–Kier alpha value is -2.55. The standard InChI is InChI=1S/C23H32N2O4/c1-22(2,3)18-9-11-19(12-10-18)28-15-7-8-21(27)29-16-20(26)25-23(17-24)13-5-4-6-14-23/h9-12H,4-8,13-16H2,1-3H3,(H,25,26). The lowest BCUT2D eigenvalue weighted by Gasteiger charge is -2.31. The van der Waals surface area contributed by atoms with Crippen LogP contribution in [0.5, 0.6) is 5.75 Å². The molecule has 1 aliphatic rings. The van der Waals surface area contributed by atoms with E-state index < -0.39 is 17.4 Å². The van der Waals surface area contributed by atoms with E-state index in [2.05, 4.69) is 32.2 Å². The van der Waals surface area contributed by atoms with Crippen molar-refractivity contribution in [2.24, 2.45) is 0 Å². The number of carbonyl (C=O) groups is 2. The Morgan fingerprint density at radius 2 is 1.79 bits per heavy atom. The molecule has 0 spiro atoms. The molecule has 1 N–H and O–H groups in total. The van der Waals surface area contributed by atoms with Gasteiger partial charge in [0.15, 0.2) is 6.61 Å². The van der Waals surface area contributed by atoms with Gasteiger partial charge >= 0.3 is 5.97 Å². The Morgan fingerprint density at radius 3 is 2.38 bits per heavy atom. The molecule has 0 radical (unpaired) electrons. The topological polar surface area (TPSA) is 88.4 Å². The summed E-state index contributed by atoms with van der Waals surface area (Å²) in [6, 6.07) is 10.2. The Morgan fingerprint density at radius 1 is 1.14 bits per heavy atom. The predicted octanol–water partition coefficient (Wildman–Crippen LogP) is 4.03. The monoisotopic (exact) mass is 400 g/mol. The number of nitrogens with zero attached hydrogens (tertiary/aromatic N) is 1. The van der Waals surface area contributed by atoms with Gasteiger partial charge < -0.3 is 14.8 Å². The molecule has 6 heteroatoms. The minimum atomic E-state index is -0.807.